The highest BCUT2D eigenvalue weighted by Crippen LogP contribution is 2.22. The molecule has 0 spiro atoms. The lowest BCUT2D eigenvalue weighted by Crippen LogP contribution is -2.41. The monoisotopic (exact) mass is 343 g/mol. The van der Waals surface area contributed by atoms with Gasteiger partial charge in [0.1, 0.15) is 0 Å². The normalized spacial score (nSPS) is 16.2. The number of H-pyrrole nitrogens is 1. The zero-order chi connectivity index (χ0) is 16.9. The summed E-state index contributed by atoms with van der Waals surface area (Å²) in [5.41, 5.74) is 2.25. The van der Waals surface area contributed by atoms with Crippen molar-refractivity contribution in [3.05, 3.63) is 35.0 Å². The first kappa shape index (κ1) is 16.9. The van der Waals surface area contributed by atoms with E-state index in [9.17, 15) is 4.79 Å². The number of piperidine rings is 1. The van der Waals surface area contributed by atoms with Gasteiger partial charge >= 0.3 is 0 Å². The number of carbonyl (C=O) groups is 1. The van der Waals surface area contributed by atoms with Gasteiger partial charge < -0.3 is 10.3 Å². The minimum absolute atomic E-state index is 0.108. The number of rotatable bonds is 5. The molecule has 24 heavy (non-hydrogen) atoms. The second-order valence-electron chi connectivity index (χ2n) is 6.30. The lowest BCUT2D eigenvalue weighted by Gasteiger charge is -2.29. The number of nitrogens with one attached hydrogen (secondary N) is 2. The summed E-state index contributed by atoms with van der Waals surface area (Å²) in [6.45, 7) is 3.13. The van der Waals surface area contributed by atoms with E-state index >= 15 is 0 Å². The number of carbonyl (C=O) groups excluding carboxylic acids is 1. The standard InChI is InChI=1S/C19H22ClN3O/c1-2-9-23-10-6-14(7-11-23)19(24)21-8-5-15-13-22-18-4-3-16(20)12-17(15)18/h1,3-4,12-14,22H,5-11H2,(H,21,24). The molecule has 1 aromatic heterocycles. The smallest absolute Gasteiger partial charge is 0.223 e. The largest absolute Gasteiger partial charge is 0.361 e. The first-order valence-corrected chi connectivity index (χ1v) is 8.74. The average molecular weight is 344 g/mol. The molecule has 1 aliphatic heterocycles. The van der Waals surface area contributed by atoms with Gasteiger partial charge in [0, 0.05) is 34.6 Å². The number of halogens is 1. The lowest BCUT2D eigenvalue weighted by atomic mass is 9.96. The van der Waals surface area contributed by atoms with Crippen molar-refractivity contribution in [1.29, 1.82) is 0 Å². The van der Waals surface area contributed by atoms with E-state index in [1.165, 1.54) is 5.56 Å². The molecule has 1 aliphatic rings. The minimum atomic E-state index is 0.108. The van der Waals surface area contributed by atoms with E-state index in [1.54, 1.807) is 0 Å². The van der Waals surface area contributed by atoms with Crippen LogP contribution in [-0.2, 0) is 11.2 Å². The van der Waals surface area contributed by atoms with Crippen LogP contribution in [0.3, 0.4) is 0 Å². The molecule has 2 N–H and O–H groups in total. The first-order chi connectivity index (χ1) is 11.7. The lowest BCUT2D eigenvalue weighted by molar-refractivity contribution is -0.126. The number of likely N-dealkylation sites (tertiary alicyclic amines) is 1. The van der Waals surface area contributed by atoms with E-state index < -0.39 is 0 Å². The van der Waals surface area contributed by atoms with Gasteiger partial charge in [0.15, 0.2) is 0 Å². The highest BCUT2D eigenvalue weighted by Gasteiger charge is 2.24. The van der Waals surface area contributed by atoms with Crippen molar-refractivity contribution < 1.29 is 4.79 Å². The number of aromatic amines is 1. The van der Waals surface area contributed by atoms with Crippen molar-refractivity contribution >= 4 is 28.4 Å². The predicted molar refractivity (Wildman–Crippen MR) is 98.0 cm³/mol. The number of fused-ring (bicyclic) bond motifs is 1. The van der Waals surface area contributed by atoms with E-state index in [1.807, 2.05) is 24.4 Å². The number of hydrogen-bond donors (Lipinski definition) is 2. The maximum Gasteiger partial charge on any atom is 0.223 e. The Morgan fingerprint density at radius 2 is 2.21 bits per heavy atom. The molecule has 1 fully saturated rings. The third-order valence-electron chi connectivity index (χ3n) is 4.70. The quantitative estimate of drug-likeness (QED) is 0.820. The maximum absolute atomic E-state index is 12.3. The second-order valence-corrected chi connectivity index (χ2v) is 6.74. The van der Waals surface area contributed by atoms with Crippen LogP contribution in [0.2, 0.25) is 5.02 Å². The number of hydrogen-bond acceptors (Lipinski definition) is 2. The SMILES string of the molecule is C#CCN1CCC(C(=O)NCCc2c[nH]c3ccc(Cl)cc23)CC1. The number of aromatic nitrogens is 1. The van der Waals surface area contributed by atoms with E-state index in [4.69, 9.17) is 18.0 Å². The van der Waals surface area contributed by atoms with Crippen LogP contribution in [0.25, 0.3) is 10.9 Å². The van der Waals surface area contributed by atoms with Crippen LogP contribution in [0.15, 0.2) is 24.4 Å². The van der Waals surface area contributed by atoms with Crippen LogP contribution < -0.4 is 5.32 Å². The molecule has 1 saturated heterocycles. The van der Waals surface area contributed by atoms with Gasteiger partial charge in [0.25, 0.3) is 0 Å². The van der Waals surface area contributed by atoms with Gasteiger partial charge in [-0.15, -0.1) is 6.42 Å². The molecule has 1 amide bonds. The molecule has 0 saturated carbocycles. The third kappa shape index (κ3) is 3.92. The fourth-order valence-electron chi connectivity index (χ4n) is 3.30. The van der Waals surface area contributed by atoms with Gasteiger partial charge in [-0.2, -0.15) is 0 Å². The Bertz CT molecular complexity index is 754. The fourth-order valence-corrected chi connectivity index (χ4v) is 3.48. The summed E-state index contributed by atoms with van der Waals surface area (Å²) in [5, 5.41) is 4.92. The first-order valence-electron chi connectivity index (χ1n) is 8.36. The maximum atomic E-state index is 12.3. The Balaban J connectivity index is 1.48. The minimum Gasteiger partial charge on any atom is -0.361 e. The van der Waals surface area contributed by atoms with E-state index in [0.717, 1.165) is 48.3 Å². The van der Waals surface area contributed by atoms with Crippen molar-refractivity contribution in [2.45, 2.75) is 19.3 Å². The summed E-state index contributed by atoms with van der Waals surface area (Å²) < 4.78 is 0. The summed E-state index contributed by atoms with van der Waals surface area (Å²) in [6, 6.07) is 5.81. The molecule has 2 aromatic rings. The van der Waals surface area contributed by atoms with Crippen molar-refractivity contribution in [3.8, 4) is 12.3 Å². The Morgan fingerprint density at radius 3 is 2.96 bits per heavy atom. The van der Waals surface area contributed by atoms with Gasteiger partial charge in [-0.1, -0.05) is 17.5 Å². The number of terminal acetylenes is 1. The van der Waals surface area contributed by atoms with Crippen molar-refractivity contribution in [2.75, 3.05) is 26.2 Å². The molecule has 0 bridgehead atoms. The summed E-state index contributed by atoms with van der Waals surface area (Å²) in [6.07, 6.45) is 9.89. The van der Waals surface area contributed by atoms with E-state index in [2.05, 4.69) is 21.1 Å². The molecule has 0 atom stereocenters. The van der Waals surface area contributed by atoms with Gasteiger partial charge in [-0.3, -0.25) is 9.69 Å². The van der Waals surface area contributed by atoms with Crippen molar-refractivity contribution in [2.24, 2.45) is 5.92 Å². The molecular weight excluding hydrogens is 322 g/mol. The molecular formula is C19H22ClN3O. The van der Waals surface area contributed by atoms with E-state index in [-0.39, 0.29) is 11.8 Å². The molecule has 5 heteroatoms. The molecule has 0 unspecified atom stereocenters. The van der Waals surface area contributed by atoms with Crippen molar-refractivity contribution in [1.82, 2.24) is 15.2 Å². The summed E-state index contributed by atoms with van der Waals surface area (Å²) in [5.74, 6) is 2.93. The van der Waals surface area contributed by atoms with Gasteiger partial charge in [-0.25, -0.2) is 0 Å². The average Bonchev–Trinajstić information content (AvgIpc) is 2.98. The topological polar surface area (TPSA) is 48.1 Å². The highest BCUT2D eigenvalue weighted by molar-refractivity contribution is 6.31. The molecule has 2 heterocycles. The van der Waals surface area contributed by atoms with Crippen molar-refractivity contribution in [3.63, 3.8) is 0 Å². The van der Waals surface area contributed by atoms with Gasteiger partial charge in [0.05, 0.1) is 6.54 Å². The predicted octanol–water partition coefficient (Wildman–Crippen LogP) is 2.83. The number of amides is 1. The zero-order valence-corrected chi connectivity index (χ0v) is 14.4. The zero-order valence-electron chi connectivity index (χ0n) is 13.6. The van der Waals surface area contributed by atoms with Crippen LogP contribution in [-0.4, -0.2) is 42.0 Å². The molecule has 126 valence electrons. The fraction of sp³-hybridized carbons (Fsp3) is 0.421. The molecule has 1 aromatic carbocycles. The Labute approximate surface area is 147 Å². The summed E-state index contributed by atoms with van der Waals surface area (Å²) in [7, 11) is 0. The van der Waals surface area contributed by atoms with E-state index in [0.29, 0.717) is 13.1 Å². The molecule has 4 nitrogen and oxygen atoms in total. The van der Waals surface area contributed by atoms with Crippen LogP contribution in [0, 0.1) is 18.3 Å². The van der Waals surface area contributed by atoms with Gasteiger partial charge in [0.2, 0.25) is 5.91 Å². The summed E-state index contributed by atoms with van der Waals surface area (Å²) in [4.78, 5) is 17.8. The second kappa shape index (κ2) is 7.74. The Hall–Kier alpha value is -1.96. The molecule has 0 aliphatic carbocycles. The molecule has 3 rings (SSSR count). The Morgan fingerprint density at radius 1 is 1.42 bits per heavy atom. The molecule has 0 radical (unpaired) electrons. The van der Waals surface area contributed by atoms with Crippen LogP contribution in [0.5, 0.6) is 0 Å². The highest BCUT2D eigenvalue weighted by atomic mass is 35.5. The third-order valence-corrected chi connectivity index (χ3v) is 4.93. The Kier molecular flexibility index (Phi) is 5.44. The number of nitrogens with zero attached hydrogens (tertiary/aromatic N) is 1. The summed E-state index contributed by atoms with van der Waals surface area (Å²) >= 11 is 6.07. The number of benzene rings is 1. The van der Waals surface area contributed by atoms with Crippen LogP contribution >= 0.6 is 11.6 Å². The van der Waals surface area contributed by atoms with Gasteiger partial charge in [-0.05, 0) is 56.1 Å². The van der Waals surface area contributed by atoms with Crippen LogP contribution in [0.1, 0.15) is 18.4 Å². The van der Waals surface area contributed by atoms with Crippen LogP contribution in [0.4, 0.5) is 0 Å².